The Bertz CT molecular complexity index is 437. The number of amidine groups is 1. The van der Waals surface area contributed by atoms with Gasteiger partial charge >= 0.3 is 0 Å². The fourth-order valence-corrected chi connectivity index (χ4v) is 1.46. The number of benzene rings is 1. The van der Waals surface area contributed by atoms with Crippen LogP contribution in [-0.2, 0) is 0 Å². The molecule has 0 aliphatic rings. The number of nitrogens with two attached hydrogens (primary N) is 1. The summed E-state index contributed by atoms with van der Waals surface area (Å²) in [5.41, 5.74) is 5.64. The summed E-state index contributed by atoms with van der Waals surface area (Å²) in [4.78, 5) is 11.6. The van der Waals surface area contributed by atoms with E-state index >= 15 is 0 Å². The van der Waals surface area contributed by atoms with Crippen molar-refractivity contribution >= 4 is 45.9 Å². The van der Waals surface area contributed by atoms with Crippen molar-refractivity contribution in [3.63, 3.8) is 0 Å². The highest BCUT2D eigenvalue weighted by Crippen LogP contribution is 2.19. The van der Waals surface area contributed by atoms with Gasteiger partial charge in [-0.2, -0.15) is 0 Å². The molecule has 1 aromatic rings. The van der Waals surface area contributed by atoms with Crippen molar-refractivity contribution in [3.05, 3.63) is 32.4 Å². The molecular formula is C9H9ClIN3O2. The maximum atomic E-state index is 11.6. The summed E-state index contributed by atoms with van der Waals surface area (Å²) >= 11 is 7.94. The van der Waals surface area contributed by atoms with E-state index in [9.17, 15) is 4.79 Å². The summed E-state index contributed by atoms with van der Waals surface area (Å²) in [6.45, 7) is -0.0149. The van der Waals surface area contributed by atoms with Crippen LogP contribution in [0.5, 0.6) is 0 Å². The SMILES string of the molecule is N/C(CNC(=O)c1ccc(I)c(Cl)c1)=N/O. The molecule has 0 saturated heterocycles. The first-order valence-electron chi connectivity index (χ1n) is 4.24. The summed E-state index contributed by atoms with van der Waals surface area (Å²) in [6.07, 6.45) is 0. The molecule has 0 bridgehead atoms. The Morgan fingerprint density at radius 2 is 2.31 bits per heavy atom. The predicted molar refractivity (Wildman–Crippen MR) is 69.9 cm³/mol. The number of carbonyl (C=O) groups is 1. The van der Waals surface area contributed by atoms with Crippen LogP contribution >= 0.6 is 34.2 Å². The van der Waals surface area contributed by atoms with Crippen LogP contribution in [-0.4, -0.2) is 23.5 Å². The van der Waals surface area contributed by atoms with Gasteiger partial charge in [-0.1, -0.05) is 16.8 Å². The van der Waals surface area contributed by atoms with Crippen molar-refractivity contribution in [1.82, 2.24) is 5.32 Å². The van der Waals surface area contributed by atoms with Crippen molar-refractivity contribution in [2.75, 3.05) is 6.54 Å². The van der Waals surface area contributed by atoms with Crippen molar-refractivity contribution in [2.24, 2.45) is 10.9 Å². The van der Waals surface area contributed by atoms with Gasteiger partial charge in [-0.05, 0) is 40.8 Å². The lowest BCUT2D eigenvalue weighted by Gasteiger charge is -2.04. The van der Waals surface area contributed by atoms with Crippen LogP contribution in [0, 0.1) is 3.57 Å². The minimum absolute atomic E-state index is 0.0149. The van der Waals surface area contributed by atoms with Gasteiger partial charge in [0, 0.05) is 9.13 Å². The Labute approximate surface area is 111 Å². The summed E-state index contributed by atoms with van der Waals surface area (Å²) in [5.74, 6) is -0.394. The third-order valence-electron chi connectivity index (χ3n) is 1.74. The Morgan fingerprint density at radius 3 is 2.88 bits per heavy atom. The Hall–Kier alpha value is -1.02. The van der Waals surface area contributed by atoms with Crippen LogP contribution in [0.4, 0.5) is 0 Å². The normalized spacial score (nSPS) is 11.2. The molecule has 0 atom stereocenters. The van der Waals surface area contributed by atoms with Gasteiger partial charge in [-0.25, -0.2) is 0 Å². The molecule has 0 unspecified atom stereocenters. The van der Waals surface area contributed by atoms with Gasteiger partial charge in [0.2, 0.25) is 0 Å². The molecule has 1 aromatic carbocycles. The minimum Gasteiger partial charge on any atom is -0.409 e. The summed E-state index contributed by atoms with van der Waals surface area (Å²) in [7, 11) is 0. The number of rotatable bonds is 3. The number of nitrogens with one attached hydrogen (secondary N) is 1. The average molecular weight is 354 g/mol. The zero-order valence-corrected chi connectivity index (χ0v) is 11.0. The first-order chi connectivity index (χ1) is 7.54. The molecule has 16 heavy (non-hydrogen) atoms. The first-order valence-corrected chi connectivity index (χ1v) is 5.70. The number of carbonyl (C=O) groups excluding carboxylic acids is 1. The summed E-state index contributed by atoms with van der Waals surface area (Å²) in [5, 5.41) is 14.0. The van der Waals surface area contributed by atoms with Gasteiger partial charge in [0.05, 0.1) is 11.6 Å². The quantitative estimate of drug-likeness (QED) is 0.252. The number of hydrogen-bond acceptors (Lipinski definition) is 3. The third-order valence-corrected chi connectivity index (χ3v) is 3.31. The van der Waals surface area contributed by atoms with Crippen molar-refractivity contribution in [2.45, 2.75) is 0 Å². The zero-order valence-electron chi connectivity index (χ0n) is 8.08. The van der Waals surface area contributed by atoms with Crippen LogP contribution < -0.4 is 11.1 Å². The largest absolute Gasteiger partial charge is 0.409 e. The fraction of sp³-hybridized carbons (Fsp3) is 0.111. The lowest BCUT2D eigenvalue weighted by Crippen LogP contribution is -2.33. The Balaban J connectivity index is 2.70. The smallest absolute Gasteiger partial charge is 0.251 e. The topological polar surface area (TPSA) is 87.7 Å². The fourth-order valence-electron chi connectivity index (χ4n) is 0.946. The monoisotopic (exact) mass is 353 g/mol. The van der Waals surface area contributed by atoms with Crippen molar-refractivity contribution in [3.8, 4) is 0 Å². The molecule has 0 spiro atoms. The highest BCUT2D eigenvalue weighted by Gasteiger charge is 2.07. The molecule has 4 N–H and O–H groups in total. The van der Waals surface area contributed by atoms with E-state index in [-0.39, 0.29) is 18.3 Å². The molecule has 0 saturated carbocycles. The van der Waals surface area contributed by atoms with E-state index in [0.717, 1.165) is 3.57 Å². The molecule has 0 radical (unpaired) electrons. The molecule has 5 nitrogen and oxygen atoms in total. The standard InChI is InChI=1S/C9H9ClIN3O2/c10-6-3-5(1-2-7(6)11)9(15)13-4-8(12)14-16/h1-3,16H,4H2,(H2,12,14)(H,13,15). The minimum atomic E-state index is -0.329. The predicted octanol–water partition coefficient (Wildman–Crippen LogP) is 1.42. The lowest BCUT2D eigenvalue weighted by molar-refractivity contribution is 0.0959. The summed E-state index contributed by atoms with van der Waals surface area (Å²) in [6, 6.07) is 4.95. The van der Waals surface area contributed by atoms with E-state index in [1.54, 1.807) is 18.2 Å². The van der Waals surface area contributed by atoms with Gasteiger partial charge in [0.25, 0.3) is 5.91 Å². The molecule has 1 amide bonds. The lowest BCUT2D eigenvalue weighted by atomic mass is 10.2. The van der Waals surface area contributed by atoms with Crippen molar-refractivity contribution in [1.29, 1.82) is 0 Å². The second kappa shape index (κ2) is 5.90. The maximum absolute atomic E-state index is 11.6. The number of amides is 1. The average Bonchev–Trinajstić information content (AvgIpc) is 2.29. The number of halogens is 2. The highest BCUT2D eigenvalue weighted by atomic mass is 127. The molecule has 86 valence electrons. The molecule has 0 aromatic heterocycles. The van der Waals surface area contributed by atoms with E-state index in [4.69, 9.17) is 22.5 Å². The van der Waals surface area contributed by atoms with Gasteiger partial charge in [-0.15, -0.1) is 0 Å². The Morgan fingerprint density at radius 1 is 1.62 bits per heavy atom. The van der Waals surface area contributed by atoms with Gasteiger partial charge in [-0.3, -0.25) is 4.79 Å². The van der Waals surface area contributed by atoms with E-state index < -0.39 is 0 Å². The number of hydrogen-bond donors (Lipinski definition) is 3. The maximum Gasteiger partial charge on any atom is 0.251 e. The van der Waals surface area contributed by atoms with Gasteiger partial charge in [0.15, 0.2) is 5.84 Å². The van der Waals surface area contributed by atoms with Gasteiger partial charge < -0.3 is 16.3 Å². The van der Waals surface area contributed by atoms with E-state index in [1.807, 2.05) is 0 Å². The van der Waals surface area contributed by atoms with Crippen LogP contribution in [0.1, 0.15) is 10.4 Å². The van der Waals surface area contributed by atoms with Crippen LogP contribution in [0.3, 0.4) is 0 Å². The van der Waals surface area contributed by atoms with Crippen LogP contribution in [0.2, 0.25) is 5.02 Å². The van der Waals surface area contributed by atoms with Crippen LogP contribution in [0.25, 0.3) is 0 Å². The van der Waals surface area contributed by atoms with Crippen LogP contribution in [0.15, 0.2) is 23.4 Å². The molecule has 1 rings (SSSR count). The molecule has 0 heterocycles. The second-order valence-electron chi connectivity index (χ2n) is 2.90. The third kappa shape index (κ3) is 3.53. The zero-order chi connectivity index (χ0) is 12.1. The van der Waals surface area contributed by atoms with E-state index in [0.29, 0.717) is 10.6 Å². The number of nitrogens with zero attached hydrogens (tertiary/aromatic N) is 1. The molecular weight excluding hydrogens is 344 g/mol. The van der Waals surface area contributed by atoms with Gasteiger partial charge in [0.1, 0.15) is 0 Å². The molecule has 0 aliphatic carbocycles. The van der Waals surface area contributed by atoms with E-state index in [1.165, 1.54) is 0 Å². The highest BCUT2D eigenvalue weighted by molar-refractivity contribution is 14.1. The number of oxime groups is 1. The molecule has 0 aliphatic heterocycles. The first kappa shape index (κ1) is 13.0. The van der Waals surface area contributed by atoms with E-state index in [2.05, 4.69) is 33.1 Å². The molecule has 0 fully saturated rings. The summed E-state index contributed by atoms with van der Waals surface area (Å²) < 4.78 is 0.868. The second-order valence-corrected chi connectivity index (χ2v) is 4.47. The Kier molecular flexibility index (Phi) is 4.81. The molecule has 7 heteroatoms. The van der Waals surface area contributed by atoms with Crippen molar-refractivity contribution < 1.29 is 10.0 Å².